The topological polar surface area (TPSA) is 6.25 Å². The smallest absolute Gasteiger partial charge is 0.762 e. The summed E-state index contributed by atoms with van der Waals surface area (Å²) in [5.74, 6) is 2.06. The molecule has 2 aromatic carbocycles. The van der Waals surface area contributed by atoms with Crippen molar-refractivity contribution >= 4 is 25.3 Å². The Kier molecular flexibility index (Phi) is 11.3. The molecule has 0 aromatic heterocycles. The lowest BCUT2D eigenvalue weighted by Crippen LogP contribution is -3.00. The Morgan fingerprint density at radius 1 is 0.706 bits per heavy atom. The van der Waals surface area contributed by atoms with Crippen LogP contribution in [0.4, 0.5) is 24.3 Å². The fraction of sp³-hybridized carbons (Fsp3) is 0.519. The lowest BCUT2D eigenvalue weighted by atomic mass is 9.92. The highest BCUT2D eigenvalue weighted by molar-refractivity contribution is 6.33. The Hall–Kier alpha value is -2.31. The Morgan fingerprint density at radius 3 is 1.41 bits per heavy atom. The highest BCUT2D eigenvalue weighted by atomic mass is 19.4. The molecule has 2 nitrogen and oxygen atoms in total. The van der Waals surface area contributed by atoms with E-state index in [-0.39, 0.29) is 4.70 Å². The first-order chi connectivity index (χ1) is 15.5. The Bertz CT molecular complexity index is 900. The standard InChI is InChI=1S/C27H39N2.BF3.FH/c1-18(2)22-11-9-12-23(19(3)4)26(22)28-15-16-29(17-28)27-24(20(5)6)13-10-14-25(27)21(7)8;2-1(3)4;/h9-14,17-21H,15-16H2,1-8H3;;1H/q+1;;/p-1. The average Bonchev–Trinajstić information content (AvgIpc) is 3.21. The first-order valence-electron chi connectivity index (χ1n) is 12.0. The molecule has 2 aromatic rings. The summed E-state index contributed by atoms with van der Waals surface area (Å²) in [5, 5.41) is 0. The second kappa shape index (κ2) is 13.0. The molecule has 1 heterocycles. The highest BCUT2D eigenvalue weighted by Gasteiger charge is 2.31. The van der Waals surface area contributed by atoms with E-state index in [4.69, 9.17) is 0 Å². The van der Waals surface area contributed by atoms with Crippen molar-refractivity contribution in [2.75, 3.05) is 18.0 Å². The van der Waals surface area contributed by atoms with Crippen LogP contribution >= 0.6 is 0 Å². The van der Waals surface area contributed by atoms with Gasteiger partial charge in [-0.05, 0) is 23.7 Å². The lowest BCUT2D eigenvalue weighted by Gasteiger charge is -2.20. The normalized spacial score (nSPS) is 13.3. The monoisotopic (exact) mass is 478 g/mol. The second-order valence-corrected chi connectivity index (χ2v) is 9.94. The van der Waals surface area contributed by atoms with Gasteiger partial charge < -0.3 is 4.70 Å². The predicted octanol–water partition coefficient (Wildman–Crippen LogP) is 5.26. The van der Waals surface area contributed by atoms with Crippen molar-refractivity contribution in [3.8, 4) is 0 Å². The largest absolute Gasteiger partial charge is 1.00 e. The van der Waals surface area contributed by atoms with Gasteiger partial charge in [-0.3, -0.25) is 12.9 Å². The summed E-state index contributed by atoms with van der Waals surface area (Å²) < 4.78 is 31.5. The summed E-state index contributed by atoms with van der Waals surface area (Å²) in [4.78, 5) is 2.51. The molecule has 7 heteroatoms. The van der Waals surface area contributed by atoms with E-state index in [1.54, 1.807) is 0 Å². The van der Waals surface area contributed by atoms with Crippen LogP contribution in [0.2, 0.25) is 0 Å². The maximum Gasteiger partial charge on any atom is 0.762 e. The van der Waals surface area contributed by atoms with E-state index in [0.29, 0.717) is 23.7 Å². The molecule has 1 aliphatic heterocycles. The molecule has 0 aliphatic carbocycles. The molecule has 0 saturated carbocycles. The molecule has 0 amide bonds. The molecule has 0 fully saturated rings. The number of anilines is 1. The third-order valence-electron chi connectivity index (χ3n) is 6.12. The van der Waals surface area contributed by atoms with Crippen molar-refractivity contribution in [2.24, 2.45) is 0 Å². The predicted molar refractivity (Wildman–Crippen MR) is 137 cm³/mol. The van der Waals surface area contributed by atoms with Gasteiger partial charge in [0.05, 0.1) is 0 Å². The summed E-state index contributed by atoms with van der Waals surface area (Å²) in [6.45, 7) is 20.5. The number of halogens is 4. The molecular formula is C27H39BF4N2. The van der Waals surface area contributed by atoms with E-state index in [1.165, 1.54) is 33.6 Å². The minimum atomic E-state index is -3.67. The second-order valence-electron chi connectivity index (χ2n) is 9.94. The van der Waals surface area contributed by atoms with Crippen LogP contribution < -0.4 is 9.60 Å². The van der Waals surface area contributed by atoms with Gasteiger partial charge in [0.1, 0.15) is 24.5 Å². The fourth-order valence-corrected chi connectivity index (χ4v) is 4.53. The Morgan fingerprint density at radius 2 is 1.06 bits per heavy atom. The molecular weight excluding hydrogens is 439 g/mol. The van der Waals surface area contributed by atoms with E-state index in [2.05, 4.69) is 108 Å². The summed E-state index contributed by atoms with van der Waals surface area (Å²) >= 11 is 0. The zero-order valence-corrected chi connectivity index (χ0v) is 21.7. The third-order valence-corrected chi connectivity index (χ3v) is 6.12. The zero-order valence-electron chi connectivity index (χ0n) is 21.7. The lowest BCUT2D eigenvalue weighted by molar-refractivity contribution is -0.425. The molecule has 3 rings (SSSR count). The number of nitrogens with zero attached hydrogens (tertiary/aromatic N) is 2. The van der Waals surface area contributed by atoms with Crippen LogP contribution in [-0.4, -0.2) is 31.5 Å². The first kappa shape index (κ1) is 29.7. The van der Waals surface area contributed by atoms with Crippen LogP contribution in [0, 0.1) is 0 Å². The fourth-order valence-electron chi connectivity index (χ4n) is 4.53. The van der Waals surface area contributed by atoms with Crippen LogP contribution in [0.25, 0.3) is 0 Å². The maximum absolute atomic E-state index is 9.67. The van der Waals surface area contributed by atoms with E-state index in [0.717, 1.165) is 13.1 Å². The minimum Gasteiger partial charge on any atom is -1.00 e. The average molecular weight is 478 g/mol. The molecule has 0 radical (unpaired) electrons. The van der Waals surface area contributed by atoms with Crippen molar-refractivity contribution in [3.05, 3.63) is 58.7 Å². The maximum atomic E-state index is 9.67. The minimum absolute atomic E-state index is 0. The molecule has 188 valence electrons. The van der Waals surface area contributed by atoms with Gasteiger partial charge >= 0.3 is 7.54 Å². The molecule has 0 unspecified atom stereocenters. The number of benzene rings is 2. The van der Waals surface area contributed by atoms with Gasteiger partial charge in [-0.1, -0.05) is 91.8 Å². The molecule has 1 aliphatic rings. The van der Waals surface area contributed by atoms with Crippen LogP contribution in [0.15, 0.2) is 36.4 Å². The van der Waals surface area contributed by atoms with Crippen molar-refractivity contribution in [2.45, 2.75) is 79.1 Å². The molecule has 0 spiro atoms. The number of rotatable bonds is 6. The van der Waals surface area contributed by atoms with Crippen molar-refractivity contribution in [1.82, 2.24) is 0 Å². The van der Waals surface area contributed by atoms with Crippen molar-refractivity contribution < 1.29 is 22.2 Å². The van der Waals surface area contributed by atoms with Gasteiger partial charge in [-0.2, -0.15) is 0 Å². The zero-order chi connectivity index (χ0) is 24.9. The van der Waals surface area contributed by atoms with E-state index in [1.807, 2.05) is 0 Å². The van der Waals surface area contributed by atoms with Gasteiger partial charge in [0, 0.05) is 22.3 Å². The molecule has 0 N–H and O–H groups in total. The van der Waals surface area contributed by atoms with Crippen LogP contribution in [0.1, 0.15) is 101 Å². The van der Waals surface area contributed by atoms with Crippen LogP contribution in [-0.2, 0) is 0 Å². The van der Waals surface area contributed by atoms with Gasteiger partial charge in [0.2, 0.25) is 6.34 Å². The van der Waals surface area contributed by atoms with E-state index in [9.17, 15) is 12.9 Å². The first-order valence-corrected chi connectivity index (χ1v) is 12.0. The third kappa shape index (κ3) is 7.10. The Balaban J connectivity index is 0.00000107. The summed E-state index contributed by atoms with van der Waals surface area (Å²) in [6, 6.07) is 13.7. The molecule has 0 bridgehead atoms. The van der Waals surface area contributed by atoms with Gasteiger partial charge in [0.15, 0.2) is 0 Å². The number of hydrogen-bond acceptors (Lipinski definition) is 1. The number of para-hydroxylation sites is 2. The van der Waals surface area contributed by atoms with Crippen molar-refractivity contribution in [3.63, 3.8) is 0 Å². The van der Waals surface area contributed by atoms with Gasteiger partial charge in [-0.15, -0.1) is 0 Å². The number of hydrogen-bond donors (Lipinski definition) is 0. The van der Waals surface area contributed by atoms with E-state index < -0.39 is 7.54 Å². The molecule has 34 heavy (non-hydrogen) atoms. The molecule has 0 saturated heterocycles. The summed E-state index contributed by atoms with van der Waals surface area (Å²) in [6.07, 6.45) is 2.38. The van der Waals surface area contributed by atoms with E-state index >= 15 is 0 Å². The van der Waals surface area contributed by atoms with Gasteiger partial charge in [-0.25, -0.2) is 9.48 Å². The van der Waals surface area contributed by atoms with Crippen LogP contribution in [0.5, 0.6) is 0 Å². The molecule has 0 atom stereocenters. The van der Waals surface area contributed by atoms with Crippen LogP contribution in [0.3, 0.4) is 0 Å². The summed E-state index contributed by atoms with van der Waals surface area (Å²) in [5.41, 5.74) is 8.67. The quantitative estimate of drug-likeness (QED) is 0.312. The highest BCUT2D eigenvalue weighted by Crippen LogP contribution is 2.38. The SMILES string of the molecule is CC(C)c1cccc(C(C)C)c1N1C=[N+](c2c(C(C)C)cccc2C(C)C)CC1.FB(F)F.[F-]. The van der Waals surface area contributed by atoms with Gasteiger partial charge in [0.25, 0.3) is 0 Å². The van der Waals surface area contributed by atoms with Crippen molar-refractivity contribution in [1.29, 1.82) is 0 Å². The summed E-state index contributed by atoms with van der Waals surface area (Å²) in [7, 11) is -3.67. The Labute approximate surface area is 203 Å².